The minimum atomic E-state index is -2.84. The van der Waals surface area contributed by atoms with Crippen molar-refractivity contribution in [3.63, 3.8) is 0 Å². The van der Waals surface area contributed by atoms with Crippen LogP contribution in [0.3, 0.4) is 0 Å². The zero-order valence-electron chi connectivity index (χ0n) is 11.7. The van der Waals surface area contributed by atoms with Crippen LogP contribution in [0.1, 0.15) is 24.1 Å². The highest BCUT2D eigenvalue weighted by Crippen LogP contribution is 2.30. The van der Waals surface area contributed by atoms with Gasteiger partial charge >= 0.3 is 6.61 Å². The molecule has 21 heavy (non-hydrogen) atoms. The summed E-state index contributed by atoms with van der Waals surface area (Å²) >= 11 is 5.98. The number of halogens is 3. The van der Waals surface area contributed by atoms with Crippen LogP contribution in [0.2, 0.25) is 5.02 Å². The SMILES string of the molecule is Cc1ccc(Cl)cc1NC(C)c1ccccc1OC(F)F. The lowest BCUT2D eigenvalue weighted by Crippen LogP contribution is -2.11. The van der Waals surface area contributed by atoms with Crippen molar-refractivity contribution in [1.29, 1.82) is 0 Å². The minimum absolute atomic E-state index is 0.173. The molecule has 0 aromatic heterocycles. The van der Waals surface area contributed by atoms with Gasteiger partial charge in [-0.25, -0.2) is 0 Å². The molecule has 2 aromatic rings. The van der Waals surface area contributed by atoms with Crippen molar-refractivity contribution >= 4 is 17.3 Å². The summed E-state index contributed by atoms with van der Waals surface area (Å²) in [5, 5.41) is 3.89. The predicted molar refractivity (Wildman–Crippen MR) is 81.3 cm³/mol. The van der Waals surface area contributed by atoms with Crippen LogP contribution in [0.25, 0.3) is 0 Å². The Morgan fingerprint density at radius 2 is 1.86 bits per heavy atom. The highest BCUT2D eigenvalue weighted by Gasteiger charge is 2.15. The van der Waals surface area contributed by atoms with Gasteiger partial charge in [0.05, 0.1) is 6.04 Å². The molecule has 0 aliphatic rings. The number of hydrogen-bond donors (Lipinski definition) is 1. The fourth-order valence-corrected chi connectivity index (χ4v) is 2.27. The Balaban J connectivity index is 2.24. The average molecular weight is 312 g/mol. The summed E-state index contributed by atoms with van der Waals surface area (Å²) in [6, 6.07) is 12.1. The summed E-state index contributed by atoms with van der Waals surface area (Å²) in [5.74, 6) is 0.173. The molecule has 0 aliphatic heterocycles. The van der Waals surface area contributed by atoms with Gasteiger partial charge in [0.15, 0.2) is 0 Å². The van der Waals surface area contributed by atoms with Crippen LogP contribution in [0, 0.1) is 6.92 Å². The third-order valence-corrected chi connectivity index (χ3v) is 3.41. The maximum atomic E-state index is 12.4. The number of anilines is 1. The standard InChI is InChI=1S/C16H16ClF2NO/c1-10-7-8-12(17)9-14(10)20-11(2)13-5-3-4-6-15(13)21-16(18)19/h3-9,11,16,20H,1-2H3. The second kappa shape index (κ2) is 6.76. The van der Waals surface area contributed by atoms with E-state index in [1.165, 1.54) is 6.07 Å². The van der Waals surface area contributed by atoms with Crippen LogP contribution in [-0.4, -0.2) is 6.61 Å². The summed E-state index contributed by atoms with van der Waals surface area (Å²) in [6.07, 6.45) is 0. The molecule has 1 unspecified atom stereocenters. The molecule has 2 aromatic carbocycles. The number of hydrogen-bond acceptors (Lipinski definition) is 2. The Morgan fingerprint density at radius 1 is 1.14 bits per heavy atom. The van der Waals surface area contributed by atoms with Crippen LogP contribution >= 0.6 is 11.6 Å². The van der Waals surface area contributed by atoms with Gasteiger partial charge in [-0.05, 0) is 37.6 Å². The van der Waals surface area contributed by atoms with Crippen LogP contribution in [0.15, 0.2) is 42.5 Å². The molecule has 0 spiro atoms. The number of rotatable bonds is 5. The van der Waals surface area contributed by atoms with Crippen molar-refractivity contribution in [2.75, 3.05) is 5.32 Å². The smallest absolute Gasteiger partial charge is 0.387 e. The van der Waals surface area contributed by atoms with E-state index in [0.717, 1.165) is 11.3 Å². The fourth-order valence-electron chi connectivity index (χ4n) is 2.10. The second-order valence-corrected chi connectivity index (χ2v) is 5.18. The topological polar surface area (TPSA) is 21.3 Å². The lowest BCUT2D eigenvalue weighted by Gasteiger charge is -2.20. The van der Waals surface area contributed by atoms with Gasteiger partial charge < -0.3 is 10.1 Å². The molecular weight excluding hydrogens is 296 g/mol. The van der Waals surface area contributed by atoms with Gasteiger partial charge in [-0.1, -0.05) is 35.9 Å². The first-order chi connectivity index (χ1) is 9.97. The molecule has 0 saturated heterocycles. The first-order valence-electron chi connectivity index (χ1n) is 6.54. The molecule has 1 N–H and O–H groups in total. The Morgan fingerprint density at radius 3 is 2.57 bits per heavy atom. The summed E-state index contributed by atoms with van der Waals surface area (Å²) in [7, 11) is 0. The Labute approximate surface area is 127 Å². The van der Waals surface area contributed by atoms with E-state index in [2.05, 4.69) is 10.1 Å². The van der Waals surface area contributed by atoms with Crippen LogP contribution < -0.4 is 10.1 Å². The normalized spacial score (nSPS) is 12.3. The van der Waals surface area contributed by atoms with Crippen LogP contribution in [-0.2, 0) is 0 Å². The van der Waals surface area contributed by atoms with Gasteiger partial charge in [0.1, 0.15) is 5.75 Å². The number of para-hydroxylation sites is 1. The third kappa shape index (κ3) is 4.08. The number of nitrogens with one attached hydrogen (secondary N) is 1. The molecule has 2 rings (SSSR count). The van der Waals surface area contributed by atoms with E-state index in [1.54, 1.807) is 24.3 Å². The zero-order valence-corrected chi connectivity index (χ0v) is 12.5. The highest BCUT2D eigenvalue weighted by molar-refractivity contribution is 6.30. The van der Waals surface area contributed by atoms with E-state index in [-0.39, 0.29) is 11.8 Å². The van der Waals surface area contributed by atoms with E-state index in [9.17, 15) is 8.78 Å². The number of ether oxygens (including phenoxy) is 1. The van der Waals surface area contributed by atoms with Gasteiger partial charge in [-0.2, -0.15) is 8.78 Å². The molecule has 5 heteroatoms. The second-order valence-electron chi connectivity index (χ2n) is 4.74. The summed E-state index contributed by atoms with van der Waals surface area (Å²) in [4.78, 5) is 0. The number of benzene rings is 2. The van der Waals surface area contributed by atoms with Crippen molar-refractivity contribution in [2.24, 2.45) is 0 Å². The molecule has 0 aliphatic carbocycles. The van der Waals surface area contributed by atoms with Gasteiger partial charge in [0.2, 0.25) is 0 Å². The van der Waals surface area contributed by atoms with Gasteiger partial charge in [0, 0.05) is 16.3 Å². The molecule has 112 valence electrons. The van der Waals surface area contributed by atoms with Gasteiger partial charge in [-0.15, -0.1) is 0 Å². The van der Waals surface area contributed by atoms with E-state index in [4.69, 9.17) is 11.6 Å². The lowest BCUT2D eigenvalue weighted by atomic mass is 10.1. The molecule has 0 heterocycles. The Bertz CT molecular complexity index is 619. The van der Waals surface area contributed by atoms with Gasteiger partial charge in [-0.3, -0.25) is 0 Å². The van der Waals surface area contributed by atoms with E-state index in [0.29, 0.717) is 10.6 Å². The molecule has 0 bridgehead atoms. The van der Waals surface area contributed by atoms with E-state index in [1.807, 2.05) is 26.0 Å². The van der Waals surface area contributed by atoms with Crippen molar-refractivity contribution < 1.29 is 13.5 Å². The van der Waals surface area contributed by atoms with E-state index < -0.39 is 6.61 Å². The Kier molecular flexibility index (Phi) is 5.02. The summed E-state index contributed by atoms with van der Waals surface area (Å²) < 4.78 is 29.5. The zero-order chi connectivity index (χ0) is 15.4. The molecular formula is C16H16ClF2NO. The first-order valence-corrected chi connectivity index (χ1v) is 6.91. The van der Waals surface area contributed by atoms with E-state index >= 15 is 0 Å². The third-order valence-electron chi connectivity index (χ3n) is 3.17. The van der Waals surface area contributed by atoms with Crippen molar-refractivity contribution in [3.8, 4) is 5.75 Å². The molecule has 1 atom stereocenters. The van der Waals surface area contributed by atoms with Crippen molar-refractivity contribution in [3.05, 3.63) is 58.6 Å². The molecule has 2 nitrogen and oxygen atoms in total. The molecule has 0 amide bonds. The quantitative estimate of drug-likeness (QED) is 0.795. The minimum Gasteiger partial charge on any atom is -0.434 e. The van der Waals surface area contributed by atoms with Crippen molar-refractivity contribution in [1.82, 2.24) is 0 Å². The maximum Gasteiger partial charge on any atom is 0.387 e. The average Bonchev–Trinajstić information content (AvgIpc) is 2.42. The van der Waals surface area contributed by atoms with Crippen LogP contribution in [0.5, 0.6) is 5.75 Å². The number of aryl methyl sites for hydroxylation is 1. The maximum absolute atomic E-state index is 12.4. The molecule has 0 fully saturated rings. The van der Waals surface area contributed by atoms with Crippen LogP contribution in [0.4, 0.5) is 14.5 Å². The lowest BCUT2D eigenvalue weighted by molar-refractivity contribution is -0.0505. The largest absolute Gasteiger partial charge is 0.434 e. The summed E-state index contributed by atoms with van der Waals surface area (Å²) in [5.41, 5.74) is 2.55. The molecule has 0 radical (unpaired) electrons. The van der Waals surface area contributed by atoms with Crippen molar-refractivity contribution in [2.45, 2.75) is 26.5 Å². The fraction of sp³-hybridized carbons (Fsp3) is 0.250. The molecule has 0 saturated carbocycles. The number of alkyl halides is 2. The Hall–Kier alpha value is -1.81. The monoisotopic (exact) mass is 311 g/mol. The summed E-state index contributed by atoms with van der Waals surface area (Å²) in [6.45, 7) is 0.993. The first kappa shape index (κ1) is 15.6. The highest BCUT2D eigenvalue weighted by atomic mass is 35.5. The van der Waals surface area contributed by atoms with Gasteiger partial charge in [0.25, 0.3) is 0 Å². The predicted octanol–water partition coefficient (Wildman–Crippen LogP) is 5.42.